The first kappa shape index (κ1) is 58.7. The Hall–Kier alpha value is -7.34. The van der Waals surface area contributed by atoms with Crippen LogP contribution in [0, 0.1) is 13.8 Å². The van der Waals surface area contributed by atoms with Gasteiger partial charge in [-0.1, -0.05) is 13.8 Å². The zero-order valence-electron chi connectivity index (χ0n) is 37.7. The van der Waals surface area contributed by atoms with E-state index < -0.39 is 35.8 Å². The molecule has 4 rings (SSSR count). The Morgan fingerprint density at radius 1 is 0.561 bits per heavy atom. The van der Waals surface area contributed by atoms with E-state index in [4.69, 9.17) is 40.1 Å². The highest BCUT2D eigenvalue weighted by Crippen LogP contribution is 2.19. The minimum absolute atomic E-state index is 0.165. The Morgan fingerprint density at radius 3 is 1.09 bits per heavy atom. The van der Waals surface area contributed by atoms with E-state index in [1.165, 1.54) is 25.2 Å². The monoisotopic (exact) mass is 932 g/mol. The van der Waals surface area contributed by atoms with E-state index >= 15 is 0 Å². The molecule has 364 valence electrons. The van der Waals surface area contributed by atoms with Crippen LogP contribution in [0.15, 0.2) is 48.8 Å². The normalized spacial score (nSPS) is 15.4. The number of rotatable bonds is 18. The number of likely N-dealkylation sites (tertiary alicyclic amines) is 2. The molecule has 0 bridgehead atoms. The number of hydrogen-bond donors (Lipinski definition) is 8. The first-order chi connectivity index (χ1) is 31.2. The van der Waals surface area contributed by atoms with E-state index in [2.05, 4.69) is 54.2 Å². The van der Waals surface area contributed by atoms with Crippen molar-refractivity contribution < 1.29 is 78.5 Å². The molecule has 8 N–H and O–H groups in total. The fraction of sp³-hybridized carbons (Fsp3) is 0.476. The molecule has 2 aliphatic rings. The third kappa shape index (κ3) is 26.3. The number of carbonyl (C=O) groups excluding carboxylic acids is 2. The smallest absolute Gasteiger partial charge is 0.328 e. The van der Waals surface area contributed by atoms with Gasteiger partial charge in [0.05, 0.1) is 13.2 Å². The lowest BCUT2D eigenvalue weighted by Crippen LogP contribution is -2.40. The summed E-state index contributed by atoms with van der Waals surface area (Å²) >= 11 is 0. The van der Waals surface area contributed by atoms with E-state index in [-0.39, 0.29) is 11.8 Å². The van der Waals surface area contributed by atoms with Crippen LogP contribution < -0.4 is 20.1 Å². The van der Waals surface area contributed by atoms with Crippen molar-refractivity contribution in [3.05, 3.63) is 71.6 Å². The van der Waals surface area contributed by atoms with Crippen LogP contribution in [0.5, 0.6) is 11.8 Å². The summed E-state index contributed by atoms with van der Waals surface area (Å²) in [5, 5.41) is 52.8. The van der Waals surface area contributed by atoms with E-state index in [0.717, 1.165) is 39.0 Å². The molecule has 2 aliphatic heterocycles. The van der Waals surface area contributed by atoms with Gasteiger partial charge in [0.15, 0.2) is 0 Å². The molecule has 0 spiro atoms. The molecule has 0 saturated carbocycles. The van der Waals surface area contributed by atoms with Crippen LogP contribution >= 0.6 is 0 Å². The maximum atomic E-state index is 12.3. The lowest BCUT2D eigenvalue weighted by atomic mass is 10.2. The van der Waals surface area contributed by atoms with Gasteiger partial charge in [-0.3, -0.25) is 19.4 Å². The number of hydrogen-bond acceptors (Lipinski definition) is 16. The number of aliphatic carboxylic acids is 6. The number of aromatic nitrogens is 4. The summed E-state index contributed by atoms with van der Waals surface area (Å²) in [7, 11) is 0. The van der Waals surface area contributed by atoms with Gasteiger partial charge in [-0.05, 0) is 79.6 Å². The molecule has 0 radical (unpaired) electrons. The first-order valence-corrected chi connectivity index (χ1v) is 20.6. The molecule has 0 unspecified atom stereocenters. The summed E-state index contributed by atoms with van der Waals surface area (Å²) in [6.07, 6.45) is 11.1. The summed E-state index contributed by atoms with van der Waals surface area (Å²) in [6, 6.07) is 0.863. The topological polar surface area (TPSA) is 358 Å². The van der Waals surface area contributed by atoms with Crippen LogP contribution in [0.2, 0.25) is 0 Å². The Kier molecular flexibility index (Phi) is 29.5. The summed E-state index contributed by atoms with van der Waals surface area (Å²) in [5.41, 5.74) is 0.812. The second kappa shape index (κ2) is 33.2. The Labute approximate surface area is 381 Å². The molecule has 24 nitrogen and oxygen atoms in total. The maximum Gasteiger partial charge on any atom is 0.328 e. The number of likely N-dealkylation sites (N-methyl/N-ethyl adjacent to an activating group) is 2. The number of nitrogens with zero attached hydrogens (tertiary/aromatic N) is 6. The molecular weight excluding hydrogens is 873 g/mol. The quantitative estimate of drug-likeness (QED) is 0.0990. The summed E-state index contributed by atoms with van der Waals surface area (Å²) in [4.78, 5) is 103. The molecule has 0 aliphatic carbocycles. The Bertz CT molecular complexity index is 1790. The SMILES string of the molecule is CCOc1nc(C)ncc1C(=O)NC[C@@H]1CCCN1CC.CCOc1nc(C)ncc1C(=O)NC[C@@H]1CCCN1CC.O=C(O)/C=C/C(=O)O.O=C(O)/C=C/C(=O)O.O=C(O)/C=C/C(=O)O. The molecule has 0 aromatic carbocycles. The van der Waals surface area contributed by atoms with Crippen molar-refractivity contribution in [2.24, 2.45) is 0 Å². The molecule has 2 amide bonds. The molecule has 2 atom stereocenters. The van der Waals surface area contributed by atoms with Crippen LogP contribution in [-0.4, -0.2) is 173 Å². The number of aryl methyl sites for hydroxylation is 2. The van der Waals surface area contributed by atoms with Crippen molar-refractivity contribution in [2.75, 3.05) is 52.5 Å². The minimum atomic E-state index is -1.26. The number of carbonyl (C=O) groups is 8. The van der Waals surface area contributed by atoms with Crippen molar-refractivity contribution in [3.63, 3.8) is 0 Å². The van der Waals surface area contributed by atoms with Crippen molar-refractivity contribution in [1.29, 1.82) is 0 Å². The average Bonchev–Trinajstić information content (AvgIpc) is 3.93. The lowest BCUT2D eigenvalue weighted by Gasteiger charge is -2.23. The van der Waals surface area contributed by atoms with Crippen molar-refractivity contribution in [2.45, 2.75) is 79.3 Å². The van der Waals surface area contributed by atoms with Crippen LogP contribution in [0.3, 0.4) is 0 Å². The highest BCUT2D eigenvalue weighted by atomic mass is 16.5. The van der Waals surface area contributed by atoms with Gasteiger partial charge in [0, 0.05) is 74.0 Å². The standard InChI is InChI=1S/2C15H24N4O2.3C4H4O4/c2*1-4-19-8-6-7-12(19)9-17-14(20)13-10-16-11(3)18-15(13)21-5-2;3*5-3(6)1-2-4(7)8/h2*10,12H,4-9H2,1-3H3,(H,17,20);3*1-2H,(H,5,6)(H,7,8)/b;;3*2-1+/t2*12-;;;/m00.../s1. The molecule has 24 heteroatoms. The maximum absolute atomic E-state index is 12.3. The summed E-state index contributed by atoms with van der Waals surface area (Å²) in [6.45, 7) is 18.2. The van der Waals surface area contributed by atoms with Crippen LogP contribution in [-0.2, 0) is 28.8 Å². The first-order valence-electron chi connectivity index (χ1n) is 20.6. The van der Waals surface area contributed by atoms with Crippen molar-refractivity contribution in [1.82, 2.24) is 40.4 Å². The molecule has 66 heavy (non-hydrogen) atoms. The Morgan fingerprint density at radius 2 is 0.848 bits per heavy atom. The molecule has 4 heterocycles. The number of carboxylic acids is 6. The van der Waals surface area contributed by atoms with Gasteiger partial charge >= 0.3 is 35.8 Å². The fourth-order valence-corrected chi connectivity index (χ4v) is 5.83. The molecule has 2 saturated heterocycles. The van der Waals surface area contributed by atoms with Crippen LogP contribution in [0.25, 0.3) is 0 Å². The van der Waals surface area contributed by atoms with E-state index in [0.29, 0.717) is 109 Å². The van der Waals surface area contributed by atoms with Gasteiger partial charge in [-0.2, -0.15) is 9.97 Å². The second-order valence-corrected chi connectivity index (χ2v) is 13.4. The van der Waals surface area contributed by atoms with Crippen LogP contribution in [0.1, 0.15) is 85.7 Å². The van der Waals surface area contributed by atoms with Crippen molar-refractivity contribution >= 4 is 47.6 Å². The summed E-state index contributed by atoms with van der Waals surface area (Å²) in [5.74, 6) is -5.95. The third-order valence-corrected chi connectivity index (χ3v) is 8.71. The predicted octanol–water partition coefficient (Wildman–Crippen LogP) is 1.93. The second-order valence-electron chi connectivity index (χ2n) is 13.4. The van der Waals surface area contributed by atoms with Gasteiger partial charge in [0.2, 0.25) is 11.8 Å². The lowest BCUT2D eigenvalue weighted by molar-refractivity contribution is -0.134. The zero-order valence-corrected chi connectivity index (χ0v) is 37.7. The molecule has 2 aromatic heterocycles. The zero-order chi connectivity index (χ0) is 50.2. The number of carboxylic acid groups (broad SMARTS) is 6. The number of amides is 2. The van der Waals surface area contributed by atoms with Crippen molar-refractivity contribution in [3.8, 4) is 11.8 Å². The largest absolute Gasteiger partial charge is 0.478 e. The number of ether oxygens (including phenoxy) is 2. The van der Waals surface area contributed by atoms with Gasteiger partial charge in [0.1, 0.15) is 22.8 Å². The van der Waals surface area contributed by atoms with Crippen LogP contribution in [0.4, 0.5) is 0 Å². The molecular formula is C42H60N8O16. The van der Waals surface area contributed by atoms with Gasteiger partial charge < -0.3 is 50.7 Å². The molecule has 2 aromatic rings. The Balaban J connectivity index is 0.000000871. The average molecular weight is 933 g/mol. The molecule has 2 fully saturated rings. The van der Waals surface area contributed by atoms with E-state index in [1.54, 1.807) is 13.8 Å². The highest BCUT2D eigenvalue weighted by Gasteiger charge is 2.25. The highest BCUT2D eigenvalue weighted by molar-refractivity contribution is 5.96. The third-order valence-electron chi connectivity index (χ3n) is 8.71. The van der Waals surface area contributed by atoms with Gasteiger partial charge in [-0.15, -0.1) is 0 Å². The summed E-state index contributed by atoms with van der Waals surface area (Å²) < 4.78 is 10.9. The van der Waals surface area contributed by atoms with Gasteiger partial charge in [0.25, 0.3) is 11.8 Å². The fourth-order valence-electron chi connectivity index (χ4n) is 5.83. The van der Waals surface area contributed by atoms with Gasteiger partial charge in [-0.25, -0.2) is 38.7 Å². The minimum Gasteiger partial charge on any atom is -0.478 e. The van der Waals surface area contributed by atoms with E-state index in [1.807, 2.05) is 13.8 Å². The number of nitrogens with one attached hydrogen (secondary N) is 2. The predicted molar refractivity (Wildman–Crippen MR) is 234 cm³/mol. The van der Waals surface area contributed by atoms with E-state index in [9.17, 15) is 38.4 Å².